The van der Waals surface area contributed by atoms with Gasteiger partial charge in [0.2, 0.25) is 5.91 Å². The minimum atomic E-state index is -0.466. The van der Waals surface area contributed by atoms with Crippen molar-refractivity contribution < 1.29 is 9.59 Å². The Balaban J connectivity index is 1.54. The normalized spacial score (nSPS) is 10.2. The van der Waals surface area contributed by atoms with Gasteiger partial charge in [-0.1, -0.05) is 6.07 Å². The molecule has 2 N–H and O–H groups in total. The second-order valence-electron chi connectivity index (χ2n) is 4.57. The molecule has 120 valence electrons. The van der Waals surface area contributed by atoms with Gasteiger partial charge in [0, 0.05) is 24.0 Å². The molecule has 0 fully saturated rings. The largest absolute Gasteiger partial charge is 0.342 e. The predicted molar refractivity (Wildman–Crippen MR) is 88.3 cm³/mol. The molecule has 3 heterocycles. The van der Waals surface area contributed by atoms with Crippen LogP contribution in [0.5, 0.6) is 0 Å². The smallest absolute Gasteiger partial charge is 0.271 e. The molecule has 0 bridgehead atoms. The molecule has 2 amide bonds. The van der Waals surface area contributed by atoms with E-state index in [9.17, 15) is 9.59 Å². The van der Waals surface area contributed by atoms with Gasteiger partial charge in [0.1, 0.15) is 11.4 Å². The van der Waals surface area contributed by atoms with Gasteiger partial charge in [-0.3, -0.25) is 19.6 Å². The lowest BCUT2D eigenvalue weighted by atomic mass is 10.3. The van der Waals surface area contributed by atoms with Crippen LogP contribution in [-0.2, 0) is 4.79 Å². The molecule has 0 radical (unpaired) electrons. The summed E-state index contributed by atoms with van der Waals surface area (Å²) in [5.41, 5.74) is 1.56. The van der Waals surface area contributed by atoms with Crippen LogP contribution >= 0.6 is 11.3 Å². The van der Waals surface area contributed by atoms with Gasteiger partial charge in [-0.2, -0.15) is 0 Å². The number of hydrogen-bond donors (Lipinski definition) is 2. The maximum Gasteiger partial charge on any atom is 0.271 e. The van der Waals surface area contributed by atoms with Crippen LogP contribution in [0.3, 0.4) is 0 Å². The third-order valence-corrected chi connectivity index (χ3v) is 3.64. The van der Waals surface area contributed by atoms with Crippen molar-refractivity contribution in [3.05, 3.63) is 54.1 Å². The van der Waals surface area contributed by atoms with Crippen LogP contribution in [0.1, 0.15) is 10.5 Å². The quantitative estimate of drug-likeness (QED) is 0.726. The van der Waals surface area contributed by atoms with Gasteiger partial charge in [-0.05, 0) is 12.1 Å². The first-order valence-corrected chi connectivity index (χ1v) is 7.81. The zero-order chi connectivity index (χ0) is 16.8. The maximum atomic E-state index is 11.9. The van der Waals surface area contributed by atoms with E-state index in [4.69, 9.17) is 0 Å². The minimum absolute atomic E-state index is 0.150. The molecule has 0 aliphatic carbocycles. The van der Waals surface area contributed by atoms with E-state index in [1.54, 1.807) is 11.6 Å². The fourth-order valence-electron chi connectivity index (χ4n) is 1.79. The molecular formula is C15H12N6O2S. The van der Waals surface area contributed by atoms with Gasteiger partial charge >= 0.3 is 0 Å². The molecule has 3 aromatic heterocycles. The van der Waals surface area contributed by atoms with Crippen molar-refractivity contribution in [1.29, 1.82) is 0 Å². The summed E-state index contributed by atoms with van der Waals surface area (Å²) in [5, 5.41) is 7.34. The van der Waals surface area contributed by atoms with Crippen molar-refractivity contribution in [3.63, 3.8) is 0 Å². The van der Waals surface area contributed by atoms with Crippen molar-refractivity contribution in [3.8, 4) is 11.4 Å². The van der Waals surface area contributed by atoms with Gasteiger partial charge in [-0.25, -0.2) is 9.97 Å². The van der Waals surface area contributed by atoms with Crippen molar-refractivity contribution in [2.24, 2.45) is 0 Å². The summed E-state index contributed by atoms with van der Waals surface area (Å²) < 4.78 is 0. The number of nitrogens with zero attached hydrogens (tertiary/aromatic N) is 4. The zero-order valence-electron chi connectivity index (χ0n) is 12.3. The Morgan fingerprint density at radius 3 is 2.75 bits per heavy atom. The van der Waals surface area contributed by atoms with Gasteiger partial charge < -0.3 is 10.6 Å². The number of hydrogen-bond acceptors (Lipinski definition) is 7. The molecule has 0 saturated carbocycles. The molecule has 24 heavy (non-hydrogen) atoms. The summed E-state index contributed by atoms with van der Waals surface area (Å²) in [5.74, 6) is -0.847. The van der Waals surface area contributed by atoms with Gasteiger partial charge in [0.15, 0.2) is 5.13 Å². The number of nitrogens with one attached hydrogen (secondary N) is 2. The summed E-state index contributed by atoms with van der Waals surface area (Å²) in [7, 11) is 0. The van der Waals surface area contributed by atoms with Crippen molar-refractivity contribution >= 4 is 28.3 Å². The van der Waals surface area contributed by atoms with Crippen LogP contribution in [0.4, 0.5) is 5.13 Å². The monoisotopic (exact) mass is 340 g/mol. The number of carbonyl (C=O) groups excluding carboxylic acids is 2. The Morgan fingerprint density at radius 2 is 2.00 bits per heavy atom. The number of amides is 2. The summed E-state index contributed by atoms with van der Waals surface area (Å²) >= 11 is 1.29. The summed E-state index contributed by atoms with van der Waals surface area (Å²) in [6.45, 7) is -0.187. The summed E-state index contributed by atoms with van der Waals surface area (Å²) in [6, 6.07) is 5.52. The lowest BCUT2D eigenvalue weighted by molar-refractivity contribution is -0.115. The van der Waals surface area contributed by atoms with E-state index < -0.39 is 5.91 Å². The van der Waals surface area contributed by atoms with E-state index in [1.165, 1.54) is 29.9 Å². The van der Waals surface area contributed by atoms with E-state index >= 15 is 0 Å². The average Bonchev–Trinajstić information content (AvgIpc) is 3.09. The minimum Gasteiger partial charge on any atom is -0.342 e. The third kappa shape index (κ3) is 3.96. The van der Waals surface area contributed by atoms with Crippen molar-refractivity contribution in [2.75, 3.05) is 11.9 Å². The number of anilines is 1. The van der Waals surface area contributed by atoms with Crippen LogP contribution in [0.15, 0.2) is 48.4 Å². The third-order valence-electron chi connectivity index (χ3n) is 2.88. The van der Waals surface area contributed by atoms with Crippen LogP contribution in [0, 0.1) is 0 Å². The number of carbonyl (C=O) groups is 2. The molecule has 0 atom stereocenters. The Labute approximate surface area is 141 Å². The molecule has 3 rings (SSSR count). The number of thiazole rings is 1. The summed E-state index contributed by atoms with van der Waals surface area (Å²) in [6.07, 6.45) is 5.87. The number of aromatic nitrogens is 4. The molecule has 8 nitrogen and oxygen atoms in total. The fraction of sp³-hybridized carbons (Fsp3) is 0.0667. The Hall–Kier alpha value is -3.20. The van der Waals surface area contributed by atoms with Gasteiger partial charge in [0.25, 0.3) is 5.91 Å². The molecular weight excluding hydrogens is 328 g/mol. The Kier molecular flexibility index (Phi) is 4.82. The zero-order valence-corrected chi connectivity index (χ0v) is 13.2. The highest BCUT2D eigenvalue weighted by atomic mass is 32.1. The van der Waals surface area contributed by atoms with Crippen molar-refractivity contribution in [2.45, 2.75) is 0 Å². The lowest BCUT2D eigenvalue weighted by Gasteiger charge is -2.04. The van der Waals surface area contributed by atoms with E-state index in [-0.39, 0.29) is 18.1 Å². The maximum absolute atomic E-state index is 11.9. The van der Waals surface area contributed by atoms with Crippen molar-refractivity contribution in [1.82, 2.24) is 25.3 Å². The SMILES string of the molecule is O=C(CNC(=O)c1cnccn1)Nc1nc(-c2ccccn2)cs1. The lowest BCUT2D eigenvalue weighted by Crippen LogP contribution is -2.33. The highest BCUT2D eigenvalue weighted by Crippen LogP contribution is 2.22. The first-order chi connectivity index (χ1) is 11.7. The van der Waals surface area contributed by atoms with Crippen LogP contribution in [-0.4, -0.2) is 38.3 Å². The second-order valence-corrected chi connectivity index (χ2v) is 5.43. The van der Waals surface area contributed by atoms with E-state index in [0.29, 0.717) is 10.8 Å². The van der Waals surface area contributed by atoms with Crippen LogP contribution in [0.25, 0.3) is 11.4 Å². The summed E-state index contributed by atoms with van der Waals surface area (Å²) in [4.78, 5) is 39.8. The van der Waals surface area contributed by atoms with E-state index in [0.717, 1.165) is 5.69 Å². The first kappa shape index (κ1) is 15.7. The molecule has 0 spiro atoms. The molecule has 9 heteroatoms. The molecule has 0 aliphatic rings. The van der Waals surface area contributed by atoms with Crippen LogP contribution < -0.4 is 10.6 Å². The van der Waals surface area contributed by atoms with Crippen LogP contribution in [0.2, 0.25) is 0 Å². The molecule has 3 aromatic rings. The number of pyridine rings is 1. The topological polar surface area (TPSA) is 110 Å². The molecule has 0 aliphatic heterocycles. The van der Waals surface area contributed by atoms with Gasteiger partial charge in [0.05, 0.1) is 18.4 Å². The molecule has 0 saturated heterocycles. The molecule has 0 aromatic carbocycles. The highest BCUT2D eigenvalue weighted by molar-refractivity contribution is 7.14. The Bertz CT molecular complexity index is 837. The first-order valence-electron chi connectivity index (χ1n) is 6.93. The molecule has 0 unspecified atom stereocenters. The average molecular weight is 340 g/mol. The van der Waals surface area contributed by atoms with Gasteiger partial charge in [-0.15, -0.1) is 11.3 Å². The highest BCUT2D eigenvalue weighted by Gasteiger charge is 2.11. The van der Waals surface area contributed by atoms with E-state index in [1.807, 2.05) is 18.2 Å². The second kappa shape index (κ2) is 7.38. The van der Waals surface area contributed by atoms with E-state index in [2.05, 4.69) is 30.6 Å². The standard InChI is InChI=1S/C15H12N6O2S/c22-13(8-19-14(23)11-7-16-5-6-18-11)21-15-20-12(9-24-15)10-3-1-2-4-17-10/h1-7,9H,8H2,(H,19,23)(H,20,21,22). The fourth-order valence-corrected chi connectivity index (χ4v) is 2.51. The number of rotatable bonds is 5. The Morgan fingerprint density at radius 1 is 1.08 bits per heavy atom. The predicted octanol–water partition coefficient (Wildman–Crippen LogP) is 1.36.